The highest BCUT2D eigenvalue weighted by molar-refractivity contribution is 7.89. The van der Waals surface area contributed by atoms with Crippen molar-refractivity contribution in [3.8, 4) is 0 Å². The summed E-state index contributed by atoms with van der Waals surface area (Å²) < 4.78 is 28.4. The molecule has 0 radical (unpaired) electrons. The molecule has 2 aromatic carbocycles. The van der Waals surface area contributed by atoms with Crippen LogP contribution in [0.2, 0.25) is 10.0 Å². The van der Waals surface area contributed by atoms with E-state index in [0.29, 0.717) is 54.0 Å². The van der Waals surface area contributed by atoms with E-state index < -0.39 is 10.0 Å². The van der Waals surface area contributed by atoms with Gasteiger partial charge in [-0.25, -0.2) is 8.42 Å². The molecule has 0 spiro atoms. The predicted molar refractivity (Wildman–Crippen MR) is 120 cm³/mol. The number of piperazine rings is 1. The van der Waals surface area contributed by atoms with E-state index in [2.05, 4.69) is 4.90 Å². The molecule has 4 rings (SSSR count). The van der Waals surface area contributed by atoms with Crippen molar-refractivity contribution in [1.29, 1.82) is 0 Å². The van der Waals surface area contributed by atoms with Gasteiger partial charge in [0.25, 0.3) is 0 Å². The first-order valence-electron chi connectivity index (χ1n) is 10.1. The second-order valence-corrected chi connectivity index (χ2v) is 10.8. The van der Waals surface area contributed by atoms with Crippen molar-refractivity contribution in [2.45, 2.75) is 31.1 Å². The molecule has 1 unspecified atom stereocenters. The van der Waals surface area contributed by atoms with Crippen LogP contribution in [0.25, 0.3) is 0 Å². The fraction of sp³-hybridized carbons (Fsp3) is 0.409. The molecule has 1 aliphatic carbocycles. The van der Waals surface area contributed by atoms with Crippen molar-refractivity contribution in [2.75, 3.05) is 31.1 Å². The summed E-state index contributed by atoms with van der Waals surface area (Å²) >= 11 is 12.1. The average molecular weight is 467 g/mol. The van der Waals surface area contributed by atoms with Crippen LogP contribution >= 0.6 is 23.2 Å². The standard InChI is InChI=1S/C22H24Cl2N2O3S/c1-15(27)11-16-12-17-3-2-4-22(19(17)13-16)30(28,29)26-9-7-25(8-10-26)18-5-6-20(23)21(24)14-18/h2-6,14,16H,7-13H2,1H3. The molecule has 2 aromatic rings. The highest BCUT2D eigenvalue weighted by Crippen LogP contribution is 2.35. The lowest BCUT2D eigenvalue weighted by molar-refractivity contribution is -0.117. The topological polar surface area (TPSA) is 57.7 Å². The molecule has 1 aliphatic heterocycles. The van der Waals surface area contributed by atoms with E-state index in [9.17, 15) is 13.2 Å². The summed E-state index contributed by atoms with van der Waals surface area (Å²) in [6.45, 7) is 3.57. The Morgan fingerprint density at radius 2 is 1.77 bits per heavy atom. The Labute approximate surface area is 187 Å². The SMILES string of the molecule is CC(=O)CC1Cc2cccc(S(=O)(=O)N3CCN(c4ccc(Cl)c(Cl)c4)CC3)c2C1. The van der Waals surface area contributed by atoms with Crippen molar-refractivity contribution >= 4 is 44.7 Å². The van der Waals surface area contributed by atoms with Gasteiger partial charge >= 0.3 is 0 Å². The van der Waals surface area contributed by atoms with Crippen LogP contribution < -0.4 is 4.90 Å². The molecule has 1 heterocycles. The van der Waals surface area contributed by atoms with Crippen molar-refractivity contribution in [3.63, 3.8) is 0 Å². The third kappa shape index (κ3) is 4.24. The lowest BCUT2D eigenvalue weighted by atomic mass is 10.0. The number of hydrogen-bond donors (Lipinski definition) is 0. The van der Waals surface area contributed by atoms with E-state index in [1.165, 1.54) is 0 Å². The maximum atomic E-state index is 13.4. The van der Waals surface area contributed by atoms with Crippen LogP contribution in [-0.4, -0.2) is 44.7 Å². The van der Waals surface area contributed by atoms with Gasteiger partial charge in [0.1, 0.15) is 5.78 Å². The van der Waals surface area contributed by atoms with Gasteiger partial charge in [0.2, 0.25) is 10.0 Å². The fourth-order valence-corrected chi connectivity index (χ4v) is 6.50. The number of hydrogen-bond acceptors (Lipinski definition) is 4. The minimum atomic E-state index is -3.59. The molecule has 5 nitrogen and oxygen atoms in total. The van der Waals surface area contributed by atoms with Gasteiger partial charge < -0.3 is 9.69 Å². The summed E-state index contributed by atoms with van der Waals surface area (Å²) in [5.74, 6) is 0.344. The van der Waals surface area contributed by atoms with Crippen molar-refractivity contribution in [3.05, 3.63) is 57.6 Å². The summed E-state index contributed by atoms with van der Waals surface area (Å²) in [5, 5.41) is 0.992. The lowest BCUT2D eigenvalue weighted by Crippen LogP contribution is -2.48. The minimum Gasteiger partial charge on any atom is -0.369 e. The largest absolute Gasteiger partial charge is 0.369 e. The summed E-state index contributed by atoms with van der Waals surface area (Å²) in [5.41, 5.74) is 2.88. The van der Waals surface area contributed by atoms with E-state index in [4.69, 9.17) is 23.2 Å². The van der Waals surface area contributed by atoms with Crippen LogP contribution in [0.4, 0.5) is 5.69 Å². The zero-order chi connectivity index (χ0) is 21.5. The maximum Gasteiger partial charge on any atom is 0.243 e. The molecule has 1 atom stereocenters. The molecular formula is C22H24Cl2N2O3S. The van der Waals surface area contributed by atoms with Crippen LogP contribution in [0, 0.1) is 5.92 Å². The van der Waals surface area contributed by atoms with Crippen LogP contribution in [-0.2, 0) is 27.7 Å². The maximum absolute atomic E-state index is 13.4. The molecule has 0 amide bonds. The molecule has 2 aliphatic rings. The molecule has 0 aromatic heterocycles. The molecule has 30 heavy (non-hydrogen) atoms. The summed E-state index contributed by atoms with van der Waals surface area (Å²) in [6, 6.07) is 11.0. The molecule has 1 saturated heterocycles. The van der Waals surface area contributed by atoms with Crippen molar-refractivity contribution in [1.82, 2.24) is 4.31 Å². The number of carbonyl (C=O) groups excluding carboxylic acids is 1. The first-order valence-corrected chi connectivity index (χ1v) is 12.3. The van der Waals surface area contributed by atoms with Gasteiger partial charge in [-0.2, -0.15) is 4.31 Å². The Morgan fingerprint density at radius 1 is 1.03 bits per heavy atom. The summed E-state index contributed by atoms with van der Waals surface area (Å²) in [7, 11) is -3.59. The quantitative estimate of drug-likeness (QED) is 0.662. The summed E-state index contributed by atoms with van der Waals surface area (Å²) in [4.78, 5) is 14.0. The van der Waals surface area contributed by atoms with E-state index in [1.54, 1.807) is 23.4 Å². The molecule has 0 saturated carbocycles. The zero-order valence-corrected chi connectivity index (χ0v) is 19.1. The first kappa shape index (κ1) is 21.6. The Bertz CT molecular complexity index is 1080. The molecule has 160 valence electrons. The number of carbonyl (C=O) groups is 1. The number of Topliss-reactive ketones (excluding diaryl/α,β-unsaturated/α-hetero) is 1. The smallest absolute Gasteiger partial charge is 0.243 e. The Balaban J connectivity index is 1.50. The van der Waals surface area contributed by atoms with Gasteiger partial charge in [-0.3, -0.25) is 0 Å². The van der Waals surface area contributed by atoms with E-state index in [-0.39, 0.29) is 11.7 Å². The first-order chi connectivity index (χ1) is 14.3. The Hall–Kier alpha value is -1.60. The van der Waals surface area contributed by atoms with Crippen molar-refractivity contribution in [2.24, 2.45) is 5.92 Å². The second kappa shape index (κ2) is 8.50. The van der Waals surface area contributed by atoms with Crippen LogP contribution in [0.15, 0.2) is 41.3 Å². The molecule has 0 bridgehead atoms. The molecular weight excluding hydrogens is 443 g/mol. The van der Waals surface area contributed by atoms with Crippen LogP contribution in [0.5, 0.6) is 0 Å². The fourth-order valence-electron chi connectivity index (χ4n) is 4.51. The van der Waals surface area contributed by atoms with E-state index in [1.807, 2.05) is 24.3 Å². The highest BCUT2D eigenvalue weighted by Gasteiger charge is 2.34. The molecule has 1 fully saturated rings. The minimum absolute atomic E-state index is 0.149. The van der Waals surface area contributed by atoms with E-state index in [0.717, 1.165) is 23.2 Å². The monoisotopic (exact) mass is 466 g/mol. The number of benzene rings is 2. The van der Waals surface area contributed by atoms with Gasteiger partial charge in [-0.15, -0.1) is 0 Å². The highest BCUT2D eigenvalue weighted by atomic mass is 35.5. The van der Waals surface area contributed by atoms with Crippen LogP contribution in [0.1, 0.15) is 24.5 Å². The Kier molecular flexibility index (Phi) is 6.13. The molecule has 8 heteroatoms. The molecule has 0 N–H and O–H groups in total. The number of nitrogens with zero attached hydrogens (tertiary/aromatic N) is 2. The number of anilines is 1. The number of rotatable bonds is 5. The second-order valence-electron chi connectivity index (χ2n) is 8.06. The number of ketones is 1. The third-order valence-electron chi connectivity index (χ3n) is 5.93. The van der Waals surface area contributed by atoms with Crippen LogP contribution in [0.3, 0.4) is 0 Å². The third-order valence-corrected chi connectivity index (χ3v) is 8.65. The van der Waals surface area contributed by atoms with Gasteiger partial charge in [0.05, 0.1) is 14.9 Å². The van der Waals surface area contributed by atoms with Gasteiger partial charge in [0.15, 0.2) is 0 Å². The van der Waals surface area contributed by atoms with Gasteiger partial charge in [-0.1, -0.05) is 35.3 Å². The predicted octanol–water partition coefficient (Wildman–Crippen LogP) is 4.20. The lowest BCUT2D eigenvalue weighted by Gasteiger charge is -2.35. The normalized spacial score (nSPS) is 19.7. The number of sulfonamides is 1. The van der Waals surface area contributed by atoms with Gasteiger partial charge in [-0.05, 0) is 61.1 Å². The summed E-state index contributed by atoms with van der Waals surface area (Å²) in [6.07, 6.45) is 1.91. The van der Waals surface area contributed by atoms with E-state index >= 15 is 0 Å². The average Bonchev–Trinajstić information content (AvgIpc) is 3.11. The number of fused-ring (bicyclic) bond motifs is 1. The zero-order valence-electron chi connectivity index (χ0n) is 16.8. The Morgan fingerprint density at radius 3 is 2.43 bits per heavy atom. The van der Waals surface area contributed by atoms with Gasteiger partial charge in [0, 0.05) is 38.3 Å². The number of halogens is 2. The van der Waals surface area contributed by atoms with Crippen molar-refractivity contribution < 1.29 is 13.2 Å².